The summed E-state index contributed by atoms with van der Waals surface area (Å²) in [7, 11) is 4.07. The SMILES string of the molecule is CN(CC1CCC1)C(=O)CC1CNCCN1C. The first-order valence-electron chi connectivity index (χ1n) is 6.81. The molecule has 2 aliphatic rings. The van der Waals surface area contributed by atoms with Crippen molar-refractivity contribution in [2.45, 2.75) is 31.7 Å². The van der Waals surface area contributed by atoms with Crippen LogP contribution in [0.5, 0.6) is 0 Å². The van der Waals surface area contributed by atoms with Crippen LogP contribution in [0.2, 0.25) is 0 Å². The molecule has 0 spiro atoms. The number of piperazine rings is 1. The van der Waals surface area contributed by atoms with E-state index in [0.29, 0.717) is 18.4 Å². The van der Waals surface area contributed by atoms with E-state index in [9.17, 15) is 4.79 Å². The summed E-state index contributed by atoms with van der Waals surface area (Å²) in [5, 5.41) is 3.36. The molecule has 1 unspecified atom stereocenters. The summed E-state index contributed by atoms with van der Waals surface area (Å²) in [4.78, 5) is 16.3. The van der Waals surface area contributed by atoms with Crippen LogP contribution in [-0.4, -0.2) is 62.0 Å². The molecule has 1 saturated carbocycles. The van der Waals surface area contributed by atoms with Crippen molar-refractivity contribution < 1.29 is 4.79 Å². The second kappa shape index (κ2) is 5.83. The van der Waals surface area contributed by atoms with E-state index in [1.807, 2.05) is 11.9 Å². The molecule has 4 heteroatoms. The van der Waals surface area contributed by atoms with Gasteiger partial charge in [-0.2, -0.15) is 0 Å². The van der Waals surface area contributed by atoms with Gasteiger partial charge < -0.3 is 15.1 Å². The van der Waals surface area contributed by atoms with Crippen LogP contribution in [0.4, 0.5) is 0 Å². The van der Waals surface area contributed by atoms with E-state index in [4.69, 9.17) is 0 Å². The van der Waals surface area contributed by atoms with Gasteiger partial charge in [0.1, 0.15) is 0 Å². The molecule has 17 heavy (non-hydrogen) atoms. The van der Waals surface area contributed by atoms with Gasteiger partial charge in [0.05, 0.1) is 0 Å². The van der Waals surface area contributed by atoms with Gasteiger partial charge in [0.15, 0.2) is 0 Å². The Kier molecular flexibility index (Phi) is 4.40. The largest absolute Gasteiger partial charge is 0.345 e. The monoisotopic (exact) mass is 239 g/mol. The summed E-state index contributed by atoms with van der Waals surface area (Å²) in [5.74, 6) is 1.07. The number of likely N-dealkylation sites (N-methyl/N-ethyl adjacent to an activating group) is 1. The number of rotatable bonds is 4. The maximum atomic E-state index is 12.1. The third-order valence-electron chi connectivity index (χ3n) is 4.24. The molecule has 0 aromatic rings. The number of nitrogens with zero attached hydrogens (tertiary/aromatic N) is 2. The van der Waals surface area contributed by atoms with Crippen LogP contribution in [0, 0.1) is 5.92 Å². The van der Waals surface area contributed by atoms with Crippen molar-refractivity contribution >= 4 is 5.91 Å². The van der Waals surface area contributed by atoms with Crippen LogP contribution >= 0.6 is 0 Å². The number of carbonyl (C=O) groups excluding carboxylic acids is 1. The van der Waals surface area contributed by atoms with E-state index in [0.717, 1.165) is 32.1 Å². The van der Waals surface area contributed by atoms with Gasteiger partial charge in [-0.1, -0.05) is 6.42 Å². The second-order valence-corrected chi connectivity index (χ2v) is 5.61. The van der Waals surface area contributed by atoms with Crippen LogP contribution in [-0.2, 0) is 4.79 Å². The highest BCUT2D eigenvalue weighted by molar-refractivity contribution is 5.76. The highest BCUT2D eigenvalue weighted by Crippen LogP contribution is 2.26. The van der Waals surface area contributed by atoms with Gasteiger partial charge in [0, 0.05) is 45.7 Å². The first-order chi connectivity index (χ1) is 8.16. The Morgan fingerprint density at radius 3 is 2.82 bits per heavy atom. The molecule has 0 radical (unpaired) electrons. The average Bonchev–Trinajstić information content (AvgIpc) is 2.26. The standard InChI is InChI=1S/C13H25N3O/c1-15-7-6-14-9-12(15)8-13(17)16(2)10-11-4-3-5-11/h11-12,14H,3-10H2,1-2H3. The summed E-state index contributed by atoms with van der Waals surface area (Å²) in [6.07, 6.45) is 4.62. The third kappa shape index (κ3) is 3.42. The Bertz CT molecular complexity index is 265. The molecule has 2 rings (SSSR count). The van der Waals surface area contributed by atoms with Gasteiger partial charge in [0.2, 0.25) is 5.91 Å². The number of hydrogen-bond acceptors (Lipinski definition) is 3. The first-order valence-corrected chi connectivity index (χ1v) is 6.81. The van der Waals surface area contributed by atoms with Crippen LogP contribution < -0.4 is 5.32 Å². The van der Waals surface area contributed by atoms with Crippen molar-refractivity contribution in [1.82, 2.24) is 15.1 Å². The van der Waals surface area contributed by atoms with Gasteiger partial charge in [-0.25, -0.2) is 0 Å². The molecular formula is C13H25N3O. The Hall–Kier alpha value is -0.610. The van der Waals surface area contributed by atoms with E-state index < -0.39 is 0 Å². The lowest BCUT2D eigenvalue weighted by molar-refractivity contribution is -0.132. The number of hydrogen-bond donors (Lipinski definition) is 1. The van der Waals surface area contributed by atoms with Gasteiger partial charge in [-0.05, 0) is 25.8 Å². The van der Waals surface area contributed by atoms with Crippen LogP contribution in [0.25, 0.3) is 0 Å². The molecule has 1 amide bonds. The topological polar surface area (TPSA) is 35.6 Å². The number of carbonyl (C=O) groups is 1. The zero-order chi connectivity index (χ0) is 12.3. The number of amides is 1. The predicted molar refractivity (Wildman–Crippen MR) is 68.9 cm³/mol. The van der Waals surface area contributed by atoms with Crippen molar-refractivity contribution in [1.29, 1.82) is 0 Å². The van der Waals surface area contributed by atoms with Crippen LogP contribution in [0.15, 0.2) is 0 Å². The Labute approximate surface area is 104 Å². The summed E-state index contributed by atoms with van der Waals surface area (Å²) < 4.78 is 0. The van der Waals surface area contributed by atoms with E-state index >= 15 is 0 Å². The van der Waals surface area contributed by atoms with E-state index in [2.05, 4.69) is 17.3 Å². The van der Waals surface area contributed by atoms with Gasteiger partial charge in [-0.15, -0.1) is 0 Å². The third-order valence-corrected chi connectivity index (χ3v) is 4.24. The predicted octanol–water partition coefficient (Wildman–Crippen LogP) is 0.539. The quantitative estimate of drug-likeness (QED) is 0.778. The van der Waals surface area contributed by atoms with Crippen molar-refractivity contribution in [2.24, 2.45) is 5.92 Å². The molecule has 2 fully saturated rings. The molecule has 1 aliphatic carbocycles. The Morgan fingerprint density at radius 2 is 2.24 bits per heavy atom. The molecule has 1 atom stereocenters. The molecule has 0 aromatic carbocycles. The number of nitrogens with one attached hydrogen (secondary N) is 1. The lowest BCUT2D eigenvalue weighted by atomic mass is 9.85. The maximum absolute atomic E-state index is 12.1. The zero-order valence-electron chi connectivity index (χ0n) is 11.1. The fourth-order valence-corrected chi connectivity index (χ4v) is 2.61. The summed E-state index contributed by atoms with van der Waals surface area (Å²) in [6, 6.07) is 0.375. The normalized spacial score (nSPS) is 26.6. The molecule has 1 N–H and O–H groups in total. The maximum Gasteiger partial charge on any atom is 0.223 e. The van der Waals surface area contributed by atoms with Crippen molar-refractivity contribution in [3.05, 3.63) is 0 Å². The highest BCUT2D eigenvalue weighted by Gasteiger charge is 2.25. The van der Waals surface area contributed by atoms with Gasteiger partial charge in [0.25, 0.3) is 0 Å². The highest BCUT2D eigenvalue weighted by atomic mass is 16.2. The molecule has 4 nitrogen and oxygen atoms in total. The summed E-state index contributed by atoms with van der Waals surface area (Å²) in [5.41, 5.74) is 0. The lowest BCUT2D eigenvalue weighted by Gasteiger charge is -2.35. The van der Waals surface area contributed by atoms with E-state index in [1.165, 1.54) is 19.3 Å². The van der Waals surface area contributed by atoms with Crippen LogP contribution in [0.3, 0.4) is 0 Å². The van der Waals surface area contributed by atoms with Crippen LogP contribution in [0.1, 0.15) is 25.7 Å². The molecule has 1 aliphatic heterocycles. The van der Waals surface area contributed by atoms with Crippen molar-refractivity contribution in [3.8, 4) is 0 Å². The van der Waals surface area contributed by atoms with Gasteiger partial charge in [-0.3, -0.25) is 4.79 Å². The Balaban J connectivity index is 1.74. The molecular weight excluding hydrogens is 214 g/mol. The summed E-state index contributed by atoms with van der Waals surface area (Å²) in [6.45, 7) is 3.99. The summed E-state index contributed by atoms with van der Waals surface area (Å²) >= 11 is 0. The minimum atomic E-state index is 0.303. The average molecular weight is 239 g/mol. The second-order valence-electron chi connectivity index (χ2n) is 5.61. The first kappa shape index (κ1) is 12.8. The lowest BCUT2D eigenvalue weighted by Crippen LogP contribution is -2.51. The smallest absolute Gasteiger partial charge is 0.223 e. The molecule has 1 heterocycles. The van der Waals surface area contributed by atoms with Gasteiger partial charge >= 0.3 is 0 Å². The van der Waals surface area contributed by atoms with Crippen molar-refractivity contribution in [3.63, 3.8) is 0 Å². The minimum absolute atomic E-state index is 0.303. The molecule has 98 valence electrons. The van der Waals surface area contributed by atoms with Crippen molar-refractivity contribution in [2.75, 3.05) is 40.3 Å². The fraction of sp³-hybridized carbons (Fsp3) is 0.923. The molecule has 0 aromatic heterocycles. The minimum Gasteiger partial charge on any atom is -0.345 e. The van der Waals surface area contributed by atoms with E-state index in [1.54, 1.807) is 0 Å². The molecule has 0 bridgehead atoms. The Morgan fingerprint density at radius 1 is 1.47 bits per heavy atom. The fourth-order valence-electron chi connectivity index (χ4n) is 2.61. The van der Waals surface area contributed by atoms with E-state index in [-0.39, 0.29) is 0 Å². The zero-order valence-corrected chi connectivity index (χ0v) is 11.1. The molecule has 1 saturated heterocycles.